The number of carbonyl (C=O) groups excluding carboxylic acids is 3. The number of benzene rings is 1. The fourth-order valence-electron chi connectivity index (χ4n) is 6.57. The lowest BCUT2D eigenvalue weighted by molar-refractivity contribution is -0.137. The molecule has 0 radical (unpaired) electrons. The van der Waals surface area contributed by atoms with Crippen LogP contribution in [0.15, 0.2) is 48.7 Å². The van der Waals surface area contributed by atoms with Crippen LogP contribution in [0.3, 0.4) is 0 Å². The van der Waals surface area contributed by atoms with Crippen molar-refractivity contribution in [3.05, 3.63) is 59.8 Å². The molecule has 1 saturated carbocycles. The van der Waals surface area contributed by atoms with Gasteiger partial charge in [0.05, 0.1) is 12.1 Å². The van der Waals surface area contributed by atoms with Gasteiger partial charge in [0.15, 0.2) is 0 Å². The van der Waals surface area contributed by atoms with E-state index in [-0.39, 0.29) is 41.9 Å². The zero-order chi connectivity index (χ0) is 28.4. The van der Waals surface area contributed by atoms with Gasteiger partial charge in [0.2, 0.25) is 11.8 Å². The van der Waals surface area contributed by atoms with Crippen LogP contribution in [0.5, 0.6) is 0 Å². The van der Waals surface area contributed by atoms with Crippen molar-refractivity contribution in [1.29, 1.82) is 0 Å². The number of pyridine rings is 1. The van der Waals surface area contributed by atoms with Gasteiger partial charge < -0.3 is 10.2 Å². The first-order valence-electron chi connectivity index (χ1n) is 13.8. The van der Waals surface area contributed by atoms with Crippen LogP contribution < -0.4 is 10.2 Å². The number of likely N-dealkylation sites (tertiary alicyclic amines) is 2. The molecule has 3 heterocycles. The zero-order valence-corrected chi connectivity index (χ0v) is 22.4. The van der Waals surface area contributed by atoms with Gasteiger partial charge in [0.1, 0.15) is 5.82 Å². The molecule has 3 fully saturated rings. The van der Waals surface area contributed by atoms with Crippen molar-refractivity contribution in [2.75, 3.05) is 31.6 Å². The Morgan fingerprint density at radius 3 is 2.42 bits per heavy atom. The van der Waals surface area contributed by atoms with Crippen LogP contribution in [-0.4, -0.2) is 77.3 Å². The van der Waals surface area contributed by atoms with Gasteiger partial charge >= 0.3 is 6.18 Å². The maximum Gasteiger partial charge on any atom is 0.416 e. The molecule has 1 aromatic carbocycles. The minimum Gasteiger partial charge on any atom is -0.343 e. The van der Waals surface area contributed by atoms with Gasteiger partial charge in [-0.05, 0) is 68.9 Å². The SMILES string of the molecule is CN(C(=O)C1CCC(N2CC[C@H]3[C@@H]2CCN3C(=O)CNC(=O)c2cccc(C(F)(F)F)c2)CC1)c1ccccn1. The van der Waals surface area contributed by atoms with Crippen LogP contribution in [0.4, 0.5) is 19.0 Å². The van der Waals surface area contributed by atoms with Crippen molar-refractivity contribution >= 4 is 23.5 Å². The van der Waals surface area contributed by atoms with Crippen molar-refractivity contribution in [2.45, 2.75) is 62.8 Å². The molecule has 1 aliphatic carbocycles. The molecule has 11 heteroatoms. The molecular formula is C29H34F3N5O3. The largest absolute Gasteiger partial charge is 0.416 e. The molecule has 1 N–H and O–H groups in total. The number of halogens is 3. The summed E-state index contributed by atoms with van der Waals surface area (Å²) in [5.74, 6) is -0.200. The maximum atomic E-state index is 13.0. The summed E-state index contributed by atoms with van der Waals surface area (Å²) in [6, 6.07) is 10.4. The molecule has 2 atom stereocenters. The van der Waals surface area contributed by atoms with E-state index in [0.717, 1.165) is 57.2 Å². The number of hydrogen-bond acceptors (Lipinski definition) is 5. The van der Waals surface area contributed by atoms with E-state index < -0.39 is 17.6 Å². The predicted molar refractivity (Wildman–Crippen MR) is 142 cm³/mol. The number of nitrogens with zero attached hydrogens (tertiary/aromatic N) is 4. The molecule has 0 bridgehead atoms. The second-order valence-corrected chi connectivity index (χ2v) is 10.9. The van der Waals surface area contributed by atoms with E-state index in [0.29, 0.717) is 18.4 Å². The Kier molecular flexibility index (Phi) is 8.11. The fourth-order valence-corrected chi connectivity index (χ4v) is 6.57. The van der Waals surface area contributed by atoms with Gasteiger partial charge in [-0.2, -0.15) is 13.2 Å². The Bertz CT molecular complexity index is 1230. The molecule has 214 valence electrons. The van der Waals surface area contributed by atoms with Gasteiger partial charge in [0, 0.05) is 55.9 Å². The number of amides is 3. The molecule has 3 aliphatic rings. The Balaban J connectivity index is 1.11. The second-order valence-electron chi connectivity index (χ2n) is 10.9. The summed E-state index contributed by atoms with van der Waals surface area (Å²) in [6.07, 6.45) is 2.32. The summed E-state index contributed by atoms with van der Waals surface area (Å²) in [7, 11) is 1.77. The molecule has 1 aromatic heterocycles. The summed E-state index contributed by atoms with van der Waals surface area (Å²) in [5, 5.41) is 2.49. The van der Waals surface area contributed by atoms with E-state index >= 15 is 0 Å². The van der Waals surface area contributed by atoms with Gasteiger partial charge in [-0.3, -0.25) is 24.2 Å². The van der Waals surface area contributed by atoms with Gasteiger partial charge in [0.25, 0.3) is 5.91 Å². The Hall–Kier alpha value is -3.47. The molecule has 2 aliphatic heterocycles. The highest BCUT2D eigenvalue weighted by Gasteiger charge is 2.47. The maximum absolute atomic E-state index is 13.0. The van der Waals surface area contributed by atoms with E-state index in [1.165, 1.54) is 12.1 Å². The first kappa shape index (κ1) is 28.1. The first-order chi connectivity index (χ1) is 19.1. The highest BCUT2D eigenvalue weighted by Crippen LogP contribution is 2.38. The minimum absolute atomic E-state index is 0.0243. The van der Waals surface area contributed by atoms with Crippen molar-refractivity contribution in [3.8, 4) is 0 Å². The van der Waals surface area contributed by atoms with Crippen molar-refractivity contribution in [1.82, 2.24) is 20.1 Å². The van der Waals surface area contributed by atoms with E-state index in [1.807, 2.05) is 23.1 Å². The van der Waals surface area contributed by atoms with Crippen LogP contribution in [0.25, 0.3) is 0 Å². The van der Waals surface area contributed by atoms with E-state index in [2.05, 4.69) is 15.2 Å². The topological polar surface area (TPSA) is 85.9 Å². The van der Waals surface area contributed by atoms with Crippen LogP contribution in [-0.2, 0) is 15.8 Å². The van der Waals surface area contributed by atoms with Crippen LogP contribution in [0.2, 0.25) is 0 Å². The van der Waals surface area contributed by atoms with Gasteiger partial charge in [-0.1, -0.05) is 12.1 Å². The zero-order valence-electron chi connectivity index (χ0n) is 22.4. The van der Waals surface area contributed by atoms with E-state index in [1.54, 1.807) is 18.1 Å². The summed E-state index contributed by atoms with van der Waals surface area (Å²) in [6.45, 7) is 1.22. The Labute approximate surface area is 231 Å². The molecule has 8 nitrogen and oxygen atoms in total. The summed E-state index contributed by atoms with van der Waals surface area (Å²) >= 11 is 0. The number of anilines is 1. The lowest BCUT2D eigenvalue weighted by Gasteiger charge is -2.38. The summed E-state index contributed by atoms with van der Waals surface area (Å²) < 4.78 is 38.9. The van der Waals surface area contributed by atoms with Gasteiger partial charge in [-0.25, -0.2) is 4.98 Å². The monoisotopic (exact) mass is 557 g/mol. The second kappa shape index (κ2) is 11.6. The summed E-state index contributed by atoms with van der Waals surface area (Å²) in [4.78, 5) is 48.7. The van der Waals surface area contributed by atoms with Crippen molar-refractivity contribution in [2.24, 2.45) is 5.92 Å². The molecule has 3 amide bonds. The minimum atomic E-state index is -4.55. The number of hydrogen-bond donors (Lipinski definition) is 1. The molecule has 0 spiro atoms. The number of nitrogens with one attached hydrogen (secondary N) is 1. The molecule has 2 saturated heterocycles. The Morgan fingerprint density at radius 1 is 0.975 bits per heavy atom. The third-order valence-electron chi connectivity index (χ3n) is 8.63. The third kappa shape index (κ3) is 5.84. The average molecular weight is 558 g/mol. The van der Waals surface area contributed by atoms with Crippen LogP contribution in [0.1, 0.15) is 54.4 Å². The molecule has 5 rings (SSSR count). The molecule has 40 heavy (non-hydrogen) atoms. The smallest absolute Gasteiger partial charge is 0.343 e. The highest BCUT2D eigenvalue weighted by molar-refractivity contribution is 5.96. The number of aromatic nitrogens is 1. The highest BCUT2D eigenvalue weighted by atomic mass is 19.4. The third-order valence-corrected chi connectivity index (χ3v) is 8.63. The number of carbonyl (C=O) groups is 3. The lowest BCUT2D eigenvalue weighted by atomic mass is 9.84. The number of alkyl halides is 3. The van der Waals surface area contributed by atoms with Crippen molar-refractivity contribution in [3.63, 3.8) is 0 Å². The standard InChI is InChI=1S/C29H34F3N5O3/c1-35(25-7-2-3-14-33-25)28(40)19-8-10-22(11-9-19)36-15-12-24-23(36)13-16-37(24)26(38)18-34-27(39)20-5-4-6-21(17-20)29(30,31)32/h2-7,14,17,19,22-24H,8-13,15-16,18H2,1H3,(H,34,39)/t19?,22?,23-,24-/m0/s1. The first-order valence-corrected chi connectivity index (χ1v) is 13.8. The Morgan fingerprint density at radius 2 is 1.73 bits per heavy atom. The quantitative estimate of drug-likeness (QED) is 0.585. The normalized spacial score (nSPS) is 24.9. The fraction of sp³-hybridized carbons (Fsp3) is 0.517. The average Bonchev–Trinajstić information content (AvgIpc) is 3.58. The molecular weight excluding hydrogens is 523 g/mol. The van der Waals surface area contributed by atoms with Crippen molar-refractivity contribution < 1.29 is 27.6 Å². The number of fused-ring (bicyclic) bond motifs is 1. The molecule has 0 unspecified atom stereocenters. The van der Waals surface area contributed by atoms with Crippen LogP contribution in [0, 0.1) is 5.92 Å². The number of rotatable bonds is 6. The lowest BCUT2D eigenvalue weighted by Crippen LogP contribution is -2.47. The molecule has 2 aromatic rings. The van der Waals surface area contributed by atoms with Gasteiger partial charge in [-0.15, -0.1) is 0 Å². The predicted octanol–water partition coefficient (Wildman–Crippen LogP) is 3.73. The van der Waals surface area contributed by atoms with Crippen LogP contribution >= 0.6 is 0 Å². The van der Waals surface area contributed by atoms with E-state index in [4.69, 9.17) is 0 Å². The summed E-state index contributed by atoms with van der Waals surface area (Å²) in [5.41, 5.74) is -1.03. The van der Waals surface area contributed by atoms with E-state index in [9.17, 15) is 27.6 Å².